The molecule has 1 aliphatic rings. The van der Waals surface area contributed by atoms with Crippen LogP contribution in [0.2, 0.25) is 0 Å². The van der Waals surface area contributed by atoms with Gasteiger partial charge in [0.1, 0.15) is 5.75 Å². The van der Waals surface area contributed by atoms with Crippen molar-refractivity contribution in [2.45, 2.75) is 45.1 Å². The highest BCUT2D eigenvalue weighted by Gasteiger charge is 2.22. The van der Waals surface area contributed by atoms with Gasteiger partial charge in [0.2, 0.25) is 0 Å². The Bertz CT molecular complexity index is 574. The van der Waals surface area contributed by atoms with Crippen LogP contribution in [0.1, 0.15) is 49.4 Å². The van der Waals surface area contributed by atoms with Crippen molar-refractivity contribution in [2.24, 2.45) is 0 Å². The molecule has 0 radical (unpaired) electrons. The maximum atomic E-state index is 12.6. The molecule has 0 spiro atoms. The summed E-state index contributed by atoms with van der Waals surface area (Å²) in [4.78, 5) is 14.6. The summed E-state index contributed by atoms with van der Waals surface area (Å²) < 4.78 is 6.36. The van der Waals surface area contributed by atoms with Gasteiger partial charge in [-0.25, -0.2) is 0 Å². The van der Waals surface area contributed by atoms with Gasteiger partial charge in [0, 0.05) is 17.6 Å². The van der Waals surface area contributed by atoms with E-state index in [0.717, 1.165) is 17.3 Å². The fourth-order valence-electron chi connectivity index (χ4n) is 2.85. The predicted molar refractivity (Wildman–Crippen MR) is 100 cm³/mol. The SMILES string of the molecule is CCOc1ccc(Br)cc1C(=O)NC(=S)N(C)C1CCCCC1. The largest absolute Gasteiger partial charge is 0.493 e. The van der Waals surface area contributed by atoms with Gasteiger partial charge in [-0.15, -0.1) is 0 Å². The number of carbonyl (C=O) groups excluding carboxylic acids is 1. The predicted octanol–water partition coefficient (Wildman–Crippen LogP) is 4.13. The minimum atomic E-state index is -0.234. The molecule has 6 heteroatoms. The lowest BCUT2D eigenvalue weighted by Crippen LogP contribution is -2.46. The van der Waals surface area contributed by atoms with E-state index in [-0.39, 0.29) is 5.91 Å². The summed E-state index contributed by atoms with van der Waals surface area (Å²) in [6.45, 7) is 2.40. The molecule has 1 aromatic carbocycles. The molecule has 1 aliphatic carbocycles. The Balaban J connectivity index is 2.05. The van der Waals surface area contributed by atoms with Crippen LogP contribution in [0, 0.1) is 0 Å². The van der Waals surface area contributed by atoms with Crippen LogP contribution >= 0.6 is 28.1 Å². The molecular formula is C17H23BrN2O2S. The van der Waals surface area contributed by atoms with Gasteiger partial charge >= 0.3 is 0 Å². The molecule has 1 fully saturated rings. The van der Waals surface area contributed by atoms with E-state index in [0.29, 0.717) is 29.1 Å². The Morgan fingerprint density at radius 2 is 2.09 bits per heavy atom. The maximum Gasteiger partial charge on any atom is 0.261 e. The number of ether oxygens (including phenoxy) is 1. The number of rotatable bonds is 4. The average molecular weight is 399 g/mol. The van der Waals surface area contributed by atoms with Crippen LogP contribution in [0.15, 0.2) is 22.7 Å². The third-order valence-electron chi connectivity index (χ3n) is 4.15. The van der Waals surface area contributed by atoms with Gasteiger partial charge < -0.3 is 9.64 Å². The lowest BCUT2D eigenvalue weighted by molar-refractivity contribution is 0.0968. The van der Waals surface area contributed by atoms with Crippen molar-refractivity contribution in [3.63, 3.8) is 0 Å². The molecule has 0 aliphatic heterocycles. The van der Waals surface area contributed by atoms with Gasteiger partial charge in [-0.3, -0.25) is 10.1 Å². The monoisotopic (exact) mass is 398 g/mol. The van der Waals surface area contributed by atoms with Crippen molar-refractivity contribution in [3.8, 4) is 5.75 Å². The zero-order valence-electron chi connectivity index (χ0n) is 13.6. The molecule has 23 heavy (non-hydrogen) atoms. The van der Waals surface area contributed by atoms with Crippen LogP contribution in [0.5, 0.6) is 5.75 Å². The van der Waals surface area contributed by atoms with Crippen molar-refractivity contribution in [1.29, 1.82) is 0 Å². The number of thiocarbonyl (C=S) groups is 1. The van der Waals surface area contributed by atoms with Crippen LogP contribution in [-0.4, -0.2) is 35.6 Å². The minimum absolute atomic E-state index is 0.234. The topological polar surface area (TPSA) is 41.6 Å². The molecule has 1 saturated carbocycles. The van der Waals surface area contributed by atoms with Crippen LogP contribution in [0.25, 0.3) is 0 Å². The number of nitrogens with one attached hydrogen (secondary N) is 1. The van der Waals surface area contributed by atoms with Crippen LogP contribution in [-0.2, 0) is 0 Å². The van der Waals surface area contributed by atoms with E-state index in [4.69, 9.17) is 17.0 Å². The fourth-order valence-corrected chi connectivity index (χ4v) is 3.45. The summed E-state index contributed by atoms with van der Waals surface area (Å²) in [5.41, 5.74) is 0.487. The normalized spacial score (nSPS) is 15.1. The Hall–Kier alpha value is -1.14. The van der Waals surface area contributed by atoms with Crippen LogP contribution < -0.4 is 10.1 Å². The first-order valence-electron chi connectivity index (χ1n) is 8.03. The molecule has 0 aromatic heterocycles. The standard InChI is InChI=1S/C17H23BrN2O2S/c1-3-22-15-10-9-12(18)11-14(15)16(21)19-17(23)20(2)13-7-5-4-6-8-13/h9-11,13H,3-8H2,1-2H3,(H,19,21,23). The molecule has 1 amide bonds. The first kappa shape index (κ1) is 18.2. The summed E-state index contributed by atoms with van der Waals surface area (Å²) in [5, 5.41) is 3.31. The van der Waals surface area contributed by atoms with E-state index < -0.39 is 0 Å². The van der Waals surface area contributed by atoms with E-state index in [1.807, 2.05) is 24.9 Å². The third kappa shape index (κ3) is 4.91. The first-order chi connectivity index (χ1) is 11.0. The number of hydrogen-bond donors (Lipinski definition) is 1. The van der Waals surface area contributed by atoms with Crippen molar-refractivity contribution in [3.05, 3.63) is 28.2 Å². The molecule has 0 saturated heterocycles. The van der Waals surface area contributed by atoms with E-state index in [9.17, 15) is 4.79 Å². The quantitative estimate of drug-likeness (QED) is 0.774. The molecule has 0 bridgehead atoms. The van der Waals surface area contributed by atoms with Gasteiger partial charge in [0.25, 0.3) is 5.91 Å². The summed E-state index contributed by atoms with van der Waals surface area (Å²) in [5.74, 6) is 0.332. The molecule has 1 N–H and O–H groups in total. The second kappa shape index (κ2) is 8.64. The average Bonchev–Trinajstić information content (AvgIpc) is 2.56. The number of nitrogens with zero attached hydrogens (tertiary/aromatic N) is 1. The van der Waals surface area contributed by atoms with Crippen LogP contribution in [0.4, 0.5) is 0 Å². The molecular weight excluding hydrogens is 376 g/mol. The second-order valence-corrected chi connectivity index (χ2v) is 7.04. The molecule has 0 heterocycles. The van der Waals surface area contributed by atoms with Crippen molar-refractivity contribution in [2.75, 3.05) is 13.7 Å². The Labute approximate surface area is 151 Å². The Morgan fingerprint density at radius 3 is 2.74 bits per heavy atom. The van der Waals surface area contributed by atoms with E-state index in [1.54, 1.807) is 12.1 Å². The highest BCUT2D eigenvalue weighted by molar-refractivity contribution is 9.10. The summed E-state index contributed by atoms with van der Waals surface area (Å²) in [6, 6.07) is 5.82. The molecule has 1 aromatic rings. The smallest absolute Gasteiger partial charge is 0.261 e. The molecule has 126 valence electrons. The second-order valence-electron chi connectivity index (χ2n) is 5.74. The number of benzene rings is 1. The van der Waals surface area contributed by atoms with E-state index in [1.165, 1.54) is 19.3 Å². The third-order valence-corrected chi connectivity index (χ3v) is 5.03. The number of amides is 1. The van der Waals surface area contributed by atoms with Crippen molar-refractivity contribution in [1.82, 2.24) is 10.2 Å². The van der Waals surface area contributed by atoms with Gasteiger partial charge in [-0.1, -0.05) is 35.2 Å². The van der Waals surface area contributed by atoms with Crippen LogP contribution in [0.3, 0.4) is 0 Å². The zero-order valence-corrected chi connectivity index (χ0v) is 16.0. The fraction of sp³-hybridized carbons (Fsp3) is 0.529. The summed E-state index contributed by atoms with van der Waals surface area (Å²) >= 11 is 8.81. The Morgan fingerprint density at radius 1 is 1.39 bits per heavy atom. The van der Waals surface area contributed by atoms with Gasteiger partial charge in [0.05, 0.1) is 12.2 Å². The molecule has 0 atom stereocenters. The van der Waals surface area contributed by atoms with Crippen molar-refractivity contribution < 1.29 is 9.53 Å². The number of hydrogen-bond acceptors (Lipinski definition) is 3. The number of halogens is 1. The van der Waals surface area contributed by atoms with Crippen molar-refractivity contribution >= 4 is 39.2 Å². The lowest BCUT2D eigenvalue weighted by Gasteiger charge is -2.32. The van der Waals surface area contributed by atoms with E-state index >= 15 is 0 Å². The number of carbonyl (C=O) groups is 1. The summed E-state index contributed by atoms with van der Waals surface area (Å²) in [7, 11) is 1.96. The van der Waals surface area contributed by atoms with Gasteiger partial charge in [-0.05, 0) is 50.2 Å². The maximum absolute atomic E-state index is 12.6. The zero-order chi connectivity index (χ0) is 16.8. The highest BCUT2D eigenvalue weighted by atomic mass is 79.9. The first-order valence-corrected chi connectivity index (χ1v) is 9.23. The molecule has 4 nitrogen and oxygen atoms in total. The Kier molecular flexibility index (Phi) is 6.84. The minimum Gasteiger partial charge on any atom is -0.493 e. The molecule has 0 unspecified atom stereocenters. The highest BCUT2D eigenvalue weighted by Crippen LogP contribution is 2.24. The summed E-state index contributed by atoms with van der Waals surface area (Å²) in [6.07, 6.45) is 6.01. The molecule has 2 rings (SSSR count). The van der Waals surface area contributed by atoms with Gasteiger partial charge in [-0.2, -0.15) is 0 Å². The lowest BCUT2D eigenvalue weighted by atomic mass is 9.95. The van der Waals surface area contributed by atoms with Gasteiger partial charge in [0.15, 0.2) is 5.11 Å². The van der Waals surface area contributed by atoms with E-state index in [2.05, 4.69) is 21.2 Å².